The molecule has 2 amide bonds. The molecule has 1 heterocycles. The van der Waals surface area contributed by atoms with E-state index in [-0.39, 0.29) is 29.5 Å². The lowest BCUT2D eigenvalue weighted by molar-refractivity contribution is -0.137. The summed E-state index contributed by atoms with van der Waals surface area (Å²) >= 11 is 0. The van der Waals surface area contributed by atoms with Crippen LogP contribution in [0.25, 0.3) is 0 Å². The first-order chi connectivity index (χ1) is 11.8. The van der Waals surface area contributed by atoms with Gasteiger partial charge in [-0.15, -0.1) is 0 Å². The van der Waals surface area contributed by atoms with Crippen molar-refractivity contribution in [1.29, 1.82) is 0 Å². The van der Waals surface area contributed by atoms with Gasteiger partial charge in [0.25, 0.3) is 0 Å². The fourth-order valence-electron chi connectivity index (χ4n) is 2.90. The van der Waals surface area contributed by atoms with Crippen molar-refractivity contribution in [2.24, 2.45) is 11.8 Å². The summed E-state index contributed by atoms with van der Waals surface area (Å²) in [5.41, 5.74) is -0.494. The van der Waals surface area contributed by atoms with Gasteiger partial charge in [-0.1, -0.05) is 0 Å². The fourth-order valence-corrected chi connectivity index (χ4v) is 2.90. The third-order valence-electron chi connectivity index (χ3n) is 4.47. The summed E-state index contributed by atoms with van der Waals surface area (Å²) in [5.74, 6) is -1.34. The summed E-state index contributed by atoms with van der Waals surface area (Å²) in [6.45, 7) is 1.16. The average molecular weight is 356 g/mol. The second-order valence-electron chi connectivity index (χ2n) is 6.39. The van der Waals surface area contributed by atoms with Crippen LogP contribution in [0.5, 0.6) is 0 Å². The maximum Gasteiger partial charge on any atom is 0.416 e. The first-order valence-electron chi connectivity index (χ1n) is 8.22. The molecule has 1 aliphatic carbocycles. The van der Waals surface area contributed by atoms with E-state index in [1.165, 1.54) is 12.1 Å². The van der Waals surface area contributed by atoms with E-state index < -0.39 is 17.7 Å². The molecule has 1 aromatic carbocycles. The lowest BCUT2D eigenvalue weighted by atomic mass is 10.2. The Hall–Kier alpha value is -2.09. The number of carbonyl (C=O) groups is 2. The summed E-state index contributed by atoms with van der Waals surface area (Å²) in [6, 6.07) is 4.23. The Labute approximate surface area is 142 Å². The molecule has 3 rings (SSSR count). The molecule has 0 radical (unpaired) electrons. The minimum absolute atomic E-state index is 0.0436. The zero-order valence-corrected chi connectivity index (χ0v) is 13.4. The van der Waals surface area contributed by atoms with Gasteiger partial charge in [0, 0.05) is 18.8 Å². The second-order valence-corrected chi connectivity index (χ2v) is 6.39. The van der Waals surface area contributed by atoms with Gasteiger partial charge in [0.05, 0.1) is 23.5 Å². The van der Waals surface area contributed by atoms with Gasteiger partial charge < -0.3 is 15.4 Å². The van der Waals surface area contributed by atoms with Gasteiger partial charge in [0.2, 0.25) is 11.8 Å². The van der Waals surface area contributed by atoms with Crippen LogP contribution in [0.15, 0.2) is 24.3 Å². The van der Waals surface area contributed by atoms with Crippen LogP contribution in [-0.4, -0.2) is 31.1 Å². The number of ether oxygens (including phenoxy) is 1. The lowest BCUT2D eigenvalue weighted by Gasteiger charge is -2.11. The molecule has 0 aromatic heterocycles. The summed E-state index contributed by atoms with van der Waals surface area (Å²) in [4.78, 5) is 24.1. The Morgan fingerprint density at radius 2 is 1.80 bits per heavy atom. The van der Waals surface area contributed by atoms with Crippen molar-refractivity contribution in [3.8, 4) is 0 Å². The van der Waals surface area contributed by atoms with Crippen LogP contribution < -0.4 is 10.6 Å². The quantitative estimate of drug-likeness (QED) is 0.852. The maximum atomic E-state index is 12.5. The van der Waals surface area contributed by atoms with Crippen LogP contribution in [0.4, 0.5) is 18.9 Å². The maximum absolute atomic E-state index is 12.5. The zero-order chi connectivity index (χ0) is 18.0. The molecule has 136 valence electrons. The van der Waals surface area contributed by atoms with E-state index in [4.69, 9.17) is 4.74 Å². The number of halogens is 3. The predicted octanol–water partition coefficient (Wildman–Crippen LogP) is 2.58. The Morgan fingerprint density at radius 1 is 1.12 bits per heavy atom. The Kier molecular flexibility index (Phi) is 4.99. The smallest absolute Gasteiger partial charge is 0.376 e. The van der Waals surface area contributed by atoms with Gasteiger partial charge in [-0.05, 0) is 43.5 Å². The number of hydrogen-bond donors (Lipinski definition) is 2. The highest BCUT2D eigenvalue weighted by atomic mass is 19.4. The topological polar surface area (TPSA) is 67.4 Å². The van der Waals surface area contributed by atoms with Gasteiger partial charge in [-0.3, -0.25) is 9.59 Å². The number of anilines is 1. The SMILES string of the molecule is O=C(NCC1CCCO1)C1CC1C(=O)Nc1ccc(C(F)(F)F)cc1. The Morgan fingerprint density at radius 3 is 2.40 bits per heavy atom. The van der Waals surface area contributed by atoms with Gasteiger partial charge in [0.1, 0.15) is 0 Å². The molecule has 2 aliphatic rings. The lowest BCUT2D eigenvalue weighted by Crippen LogP contribution is -2.33. The number of hydrogen-bond acceptors (Lipinski definition) is 3. The van der Waals surface area contributed by atoms with E-state index in [1.54, 1.807) is 0 Å². The molecule has 2 N–H and O–H groups in total. The number of nitrogens with one attached hydrogen (secondary N) is 2. The molecule has 8 heteroatoms. The number of alkyl halides is 3. The molecule has 0 spiro atoms. The molecule has 1 saturated heterocycles. The van der Waals surface area contributed by atoms with Crippen molar-refractivity contribution in [2.75, 3.05) is 18.5 Å². The average Bonchev–Trinajstić information content (AvgIpc) is 3.20. The van der Waals surface area contributed by atoms with Gasteiger partial charge in [0.15, 0.2) is 0 Å². The van der Waals surface area contributed by atoms with Crippen LogP contribution in [0.1, 0.15) is 24.8 Å². The summed E-state index contributed by atoms with van der Waals surface area (Å²) in [6.07, 6.45) is -2.01. The van der Waals surface area contributed by atoms with Crippen LogP contribution >= 0.6 is 0 Å². The van der Waals surface area contributed by atoms with Gasteiger partial charge in [-0.2, -0.15) is 13.2 Å². The molecule has 2 fully saturated rings. The second kappa shape index (κ2) is 7.03. The number of benzene rings is 1. The fraction of sp³-hybridized carbons (Fsp3) is 0.529. The van der Waals surface area contributed by atoms with Crippen molar-refractivity contribution < 1.29 is 27.5 Å². The molecule has 3 unspecified atom stereocenters. The molecule has 1 aromatic rings. The molecule has 25 heavy (non-hydrogen) atoms. The van der Waals surface area contributed by atoms with Gasteiger partial charge in [-0.25, -0.2) is 0 Å². The molecule has 3 atom stereocenters. The Bertz CT molecular complexity index is 640. The van der Waals surface area contributed by atoms with Gasteiger partial charge >= 0.3 is 6.18 Å². The minimum atomic E-state index is -4.41. The van der Waals surface area contributed by atoms with Crippen LogP contribution in [-0.2, 0) is 20.5 Å². The van der Waals surface area contributed by atoms with E-state index in [0.717, 1.165) is 25.0 Å². The van der Waals surface area contributed by atoms with Crippen molar-refractivity contribution >= 4 is 17.5 Å². The molecular weight excluding hydrogens is 337 g/mol. The van der Waals surface area contributed by atoms with Crippen LogP contribution in [0, 0.1) is 11.8 Å². The summed E-state index contributed by atoms with van der Waals surface area (Å²) in [5, 5.41) is 5.34. The molecule has 5 nitrogen and oxygen atoms in total. The van der Waals surface area contributed by atoms with E-state index >= 15 is 0 Å². The molecule has 1 saturated carbocycles. The summed E-state index contributed by atoms with van der Waals surface area (Å²) in [7, 11) is 0. The predicted molar refractivity (Wildman–Crippen MR) is 83.7 cm³/mol. The van der Waals surface area contributed by atoms with Crippen LogP contribution in [0.2, 0.25) is 0 Å². The normalized spacial score (nSPS) is 25.5. The first kappa shape index (κ1) is 17.7. The minimum Gasteiger partial charge on any atom is -0.376 e. The first-order valence-corrected chi connectivity index (χ1v) is 8.22. The zero-order valence-electron chi connectivity index (χ0n) is 13.4. The number of carbonyl (C=O) groups excluding carboxylic acids is 2. The highest BCUT2D eigenvalue weighted by molar-refractivity contribution is 5.99. The number of amides is 2. The Balaban J connectivity index is 1.45. The van der Waals surface area contributed by atoms with E-state index in [0.29, 0.717) is 19.6 Å². The molecule has 0 bridgehead atoms. The van der Waals surface area contributed by atoms with E-state index in [1.807, 2.05) is 0 Å². The molecule has 1 aliphatic heterocycles. The van der Waals surface area contributed by atoms with Crippen molar-refractivity contribution in [3.05, 3.63) is 29.8 Å². The monoisotopic (exact) mass is 356 g/mol. The largest absolute Gasteiger partial charge is 0.416 e. The third-order valence-corrected chi connectivity index (χ3v) is 4.47. The number of rotatable bonds is 5. The summed E-state index contributed by atoms with van der Waals surface area (Å²) < 4.78 is 42.9. The van der Waals surface area contributed by atoms with E-state index in [9.17, 15) is 22.8 Å². The van der Waals surface area contributed by atoms with Crippen LogP contribution in [0.3, 0.4) is 0 Å². The highest BCUT2D eigenvalue weighted by Crippen LogP contribution is 2.39. The van der Waals surface area contributed by atoms with Crippen molar-refractivity contribution in [2.45, 2.75) is 31.5 Å². The van der Waals surface area contributed by atoms with E-state index in [2.05, 4.69) is 10.6 Å². The highest BCUT2D eigenvalue weighted by Gasteiger charge is 2.48. The molecular formula is C17H19F3N2O3. The standard InChI is InChI=1S/C17H19F3N2O3/c18-17(19,20)10-3-5-11(6-4-10)22-16(24)14-8-13(14)15(23)21-9-12-2-1-7-25-12/h3-6,12-14H,1-2,7-9H2,(H,21,23)(H,22,24). The van der Waals surface area contributed by atoms with Crippen molar-refractivity contribution in [1.82, 2.24) is 5.32 Å². The van der Waals surface area contributed by atoms with Crippen molar-refractivity contribution in [3.63, 3.8) is 0 Å². The third kappa shape index (κ3) is 4.50.